The van der Waals surface area contributed by atoms with Crippen LogP contribution in [-0.4, -0.2) is 38.1 Å². The first-order valence-electron chi connectivity index (χ1n) is 6.15. The molecule has 21 heavy (non-hydrogen) atoms. The summed E-state index contributed by atoms with van der Waals surface area (Å²) in [6.07, 6.45) is -4.31. The quantitative estimate of drug-likeness (QED) is 0.791. The number of hydrogen-bond acceptors (Lipinski definition) is 3. The molecule has 3 nitrogen and oxygen atoms in total. The standard InChI is InChI=1S/C14H17F3O3S/c1-3-4-12(13(19,9-18)14(15,16)17)21(20)11-7-5-10(2)6-8-11/h3,5-8,12,18-19H,1,4,9H2,2H3/t12-,13-,21?/m1/s1. The predicted octanol–water partition coefficient (Wildman–Crippen LogP) is 2.33. The van der Waals surface area contributed by atoms with E-state index in [1.807, 2.05) is 0 Å². The second kappa shape index (κ2) is 6.72. The summed E-state index contributed by atoms with van der Waals surface area (Å²) in [5.74, 6) is 0. The summed E-state index contributed by atoms with van der Waals surface area (Å²) >= 11 is 0. The minimum absolute atomic E-state index is 0.156. The number of rotatable bonds is 6. The van der Waals surface area contributed by atoms with Gasteiger partial charge in [0.05, 0.1) is 22.7 Å². The molecule has 0 fully saturated rings. The van der Waals surface area contributed by atoms with Crippen LogP contribution in [0.2, 0.25) is 0 Å². The van der Waals surface area contributed by atoms with Crippen molar-refractivity contribution in [3.05, 3.63) is 42.5 Å². The summed E-state index contributed by atoms with van der Waals surface area (Å²) in [6.45, 7) is 3.55. The lowest BCUT2D eigenvalue weighted by molar-refractivity contribution is -0.270. The molecule has 1 unspecified atom stereocenters. The second-order valence-corrected chi connectivity index (χ2v) is 6.34. The number of aliphatic hydroxyl groups is 2. The third-order valence-electron chi connectivity index (χ3n) is 3.16. The molecule has 1 aromatic rings. The molecule has 0 aliphatic heterocycles. The van der Waals surface area contributed by atoms with Crippen LogP contribution in [0.25, 0.3) is 0 Å². The van der Waals surface area contributed by atoms with Gasteiger partial charge < -0.3 is 10.2 Å². The Kier molecular flexibility index (Phi) is 5.72. The van der Waals surface area contributed by atoms with E-state index in [9.17, 15) is 22.5 Å². The largest absolute Gasteiger partial charge is 0.420 e. The molecule has 0 heterocycles. The summed E-state index contributed by atoms with van der Waals surface area (Å²) in [7, 11) is -2.15. The summed E-state index contributed by atoms with van der Waals surface area (Å²) in [6, 6.07) is 6.11. The highest BCUT2D eigenvalue weighted by Gasteiger charge is 2.59. The Bertz CT molecular complexity index is 513. The molecular formula is C14H17F3O3S. The van der Waals surface area contributed by atoms with Crippen LogP contribution in [0.5, 0.6) is 0 Å². The number of alkyl halides is 3. The molecule has 0 saturated carbocycles. The van der Waals surface area contributed by atoms with E-state index in [-0.39, 0.29) is 11.3 Å². The van der Waals surface area contributed by atoms with Gasteiger partial charge in [-0.3, -0.25) is 4.21 Å². The van der Waals surface area contributed by atoms with Crippen molar-refractivity contribution < 1.29 is 27.6 Å². The lowest BCUT2D eigenvalue weighted by Gasteiger charge is -2.35. The zero-order valence-corrected chi connectivity index (χ0v) is 12.2. The molecule has 7 heteroatoms. The number of halogens is 3. The minimum atomic E-state index is -5.10. The molecule has 0 saturated heterocycles. The minimum Gasteiger partial charge on any atom is -0.393 e. The summed E-state index contributed by atoms with van der Waals surface area (Å²) < 4.78 is 51.5. The Morgan fingerprint density at radius 3 is 2.24 bits per heavy atom. The monoisotopic (exact) mass is 322 g/mol. The summed E-state index contributed by atoms with van der Waals surface area (Å²) in [5.41, 5.74) is -2.58. The SMILES string of the molecule is C=CC[C@@H](S(=O)c1ccc(C)cc1)[C@](O)(CO)C(F)(F)F. The van der Waals surface area contributed by atoms with Gasteiger partial charge in [0.2, 0.25) is 0 Å². The normalized spacial score (nSPS) is 17.8. The van der Waals surface area contributed by atoms with Crippen LogP contribution in [-0.2, 0) is 10.8 Å². The lowest BCUT2D eigenvalue weighted by atomic mass is 9.97. The van der Waals surface area contributed by atoms with Gasteiger partial charge in [-0.15, -0.1) is 6.58 Å². The highest BCUT2D eigenvalue weighted by molar-refractivity contribution is 7.85. The van der Waals surface area contributed by atoms with Crippen molar-refractivity contribution in [2.45, 2.75) is 35.3 Å². The average molecular weight is 322 g/mol. The molecule has 3 atom stereocenters. The van der Waals surface area contributed by atoms with Crippen molar-refractivity contribution in [1.82, 2.24) is 0 Å². The van der Waals surface area contributed by atoms with Gasteiger partial charge in [0.1, 0.15) is 0 Å². The van der Waals surface area contributed by atoms with E-state index in [1.54, 1.807) is 19.1 Å². The van der Waals surface area contributed by atoms with Crippen molar-refractivity contribution in [3.63, 3.8) is 0 Å². The van der Waals surface area contributed by atoms with Gasteiger partial charge in [-0.2, -0.15) is 13.2 Å². The van der Waals surface area contributed by atoms with Crippen molar-refractivity contribution >= 4 is 10.8 Å². The zero-order valence-electron chi connectivity index (χ0n) is 11.4. The molecular weight excluding hydrogens is 305 g/mol. The van der Waals surface area contributed by atoms with Crippen LogP contribution >= 0.6 is 0 Å². The molecule has 0 aromatic heterocycles. The molecule has 0 aliphatic rings. The Hall–Kier alpha value is -1.18. The smallest absolute Gasteiger partial charge is 0.393 e. The van der Waals surface area contributed by atoms with Gasteiger partial charge in [0.25, 0.3) is 0 Å². The highest BCUT2D eigenvalue weighted by atomic mass is 32.2. The van der Waals surface area contributed by atoms with Crippen molar-refractivity contribution in [3.8, 4) is 0 Å². The molecule has 0 bridgehead atoms. The van der Waals surface area contributed by atoms with Crippen LogP contribution in [0.3, 0.4) is 0 Å². The maximum atomic E-state index is 13.0. The Balaban J connectivity index is 3.25. The maximum absolute atomic E-state index is 13.0. The summed E-state index contributed by atoms with van der Waals surface area (Å²) in [5, 5.41) is 17.1. The molecule has 0 radical (unpaired) electrons. The van der Waals surface area contributed by atoms with Crippen LogP contribution < -0.4 is 0 Å². The molecule has 0 aliphatic carbocycles. The third-order valence-corrected chi connectivity index (χ3v) is 4.99. The fraction of sp³-hybridized carbons (Fsp3) is 0.429. The van der Waals surface area contributed by atoms with Gasteiger partial charge in [-0.25, -0.2) is 0 Å². The molecule has 0 amide bonds. The molecule has 118 valence electrons. The van der Waals surface area contributed by atoms with Crippen LogP contribution in [0.15, 0.2) is 41.8 Å². The first-order valence-corrected chi connectivity index (χ1v) is 7.36. The highest BCUT2D eigenvalue weighted by Crippen LogP contribution is 2.37. The Labute approximate surface area is 123 Å². The van der Waals surface area contributed by atoms with E-state index in [0.29, 0.717) is 0 Å². The number of aliphatic hydroxyl groups excluding tert-OH is 1. The lowest BCUT2D eigenvalue weighted by Crippen LogP contribution is -2.58. The Morgan fingerprint density at radius 1 is 1.33 bits per heavy atom. The van der Waals surface area contributed by atoms with Gasteiger partial charge in [0, 0.05) is 4.90 Å². The van der Waals surface area contributed by atoms with Gasteiger partial charge in [-0.1, -0.05) is 23.8 Å². The van der Waals surface area contributed by atoms with E-state index in [4.69, 9.17) is 5.11 Å². The van der Waals surface area contributed by atoms with E-state index < -0.39 is 34.4 Å². The fourth-order valence-corrected chi connectivity index (χ4v) is 3.43. The van der Waals surface area contributed by atoms with Crippen molar-refractivity contribution in [2.24, 2.45) is 0 Å². The number of allylic oxidation sites excluding steroid dienone is 1. The zero-order chi connectivity index (χ0) is 16.3. The van der Waals surface area contributed by atoms with Gasteiger partial charge in [0.15, 0.2) is 5.60 Å². The van der Waals surface area contributed by atoms with Crippen LogP contribution in [0, 0.1) is 6.92 Å². The maximum Gasteiger partial charge on any atom is 0.420 e. The average Bonchev–Trinajstić information content (AvgIpc) is 2.42. The van der Waals surface area contributed by atoms with E-state index in [2.05, 4.69) is 6.58 Å². The van der Waals surface area contributed by atoms with E-state index in [1.165, 1.54) is 12.1 Å². The Morgan fingerprint density at radius 2 is 1.86 bits per heavy atom. The second-order valence-electron chi connectivity index (χ2n) is 4.70. The predicted molar refractivity (Wildman–Crippen MR) is 74.3 cm³/mol. The van der Waals surface area contributed by atoms with Crippen molar-refractivity contribution in [2.75, 3.05) is 6.61 Å². The molecule has 1 rings (SSSR count). The number of aryl methyl sites for hydroxylation is 1. The first kappa shape index (κ1) is 17.9. The van der Waals surface area contributed by atoms with Crippen molar-refractivity contribution in [1.29, 1.82) is 0 Å². The van der Waals surface area contributed by atoms with Crippen LogP contribution in [0.1, 0.15) is 12.0 Å². The van der Waals surface area contributed by atoms with Crippen LogP contribution in [0.4, 0.5) is 13.2 Å². The molecule has 1 aromatic carbocycles. The fourth-order valence-electron chi connectivity index (χ4n) is 1.82. The van der Waals surface area contributed by atoms with Gasteiger partial charge >= 0.3 is 6.18 Å². The summed E-state index contributed by atoms with van der Waals surface area (Å²) in [4.78, 5) is 0.156. The van der Waals surface area contributed by atoms with E-state index >= 15 is 0 Å². The van der Waals surface area contributed by atoms with Gasteiger partial charge in [-0.05, 0) is 25.5 Å². The molecule has 2 N–H and O–H groups in total. The molecule has 0 spiro atoms. The number of hydrogen-bond donors (Lipinski definition) is 2. The number of benzene rings is 1. The first-order chi connectivity index (χ1) is 9.67. The van der Waals surface area contributed by atoms with E-state index in [0.717, 1.165) is 11.6 Å². The third kappa shape index (κ3) is 3.72. The topological polar surface area (TPSA) is 57.5 Å².